The van der Waals surface area contributed by atoms with Crippen LogP contribution in [-0.4, -0.2) is 12.6 Å². The van der Waals surface area contributed by atoms with Crippen molar-refractivity contribution < 1.29 is 27.4 Å². The second kappa shape index (κ2) is 8.46. The molecule has 0 N–H and O–H groups in total. The van der Waals surface area contributed by atoms with Crippen molar-refractivity contribution in [3.05, 3.63) is 48.3 Å². The minimum atomic E-state index is -3.08. The van der Waals surface area contributed by atoms with E-state index < -0.39 is 18.2 Å². The third kappa shape index (κ3) is 5.02. The molecule has 2 aromatic carbocycles. The van der Waals surface area contributed by atoms with Gasteiger partial charge in [-0.05, 0) is 67.0 Å². The van der Waals surface area contributed by atoms with Gasteiger partial charge in [-0.1, -0.05) is 25.1 Å². The first-order valence-corrected chi connectivity index (χ1v) is 8.99. The third-order valence-electron chi connectivity index (χ3n) is 4.90. The summed E-state index contributed by atoms with van der Waals surface area (Å²) in [4.78, 5) is 12.3. The summed E-state index contributed by atoms with van der Waals surface area (Å²) in [5.41, 5.74) is 1.18. The highest BCUT2D eigenvalue weighted by Crippen LogP contribution is 2.31. The predicted octanol–water partition coefficient (Wildman–Crippen LogP) is 5.83. The van der Waals surface area contributed by atoms with Crippen LogP contribution in [-0.2, 0) is 4.79 Å². The summed E-state index contributed by atoms with van der Waals surface area (Å²) in [6.45, 7) is -0.887. The van der Waals surface area contributed by atoms with E-state index in [9.17, 15) is 18.0 Å². The van der Waals surface area contributed by atoms with Gasteiger partial charge in [0.25, 0.3) is 0 Å². The molecule has 3 rings (SSSR count). The molecule has 3 nitrogen and oxygen atoms in total. The lowest BCUT2D eigenvalue weighted by Gasteiger charge is -2.24. The molecule has 6 heteroatoms. The lowest BCUT2D eigenvalue weighted by molar-refractivity contribution is -0.140. The van der Waals surface area contributed by atoms with E-state index in [-0.39, 0.29) is 11.9 Å². The molecule has 0 bridgehead atoms. The quantitative estimate of drug-likeness (QED) is 0.485. The van der Waals surface area contributed by atoms with Crippen LogP contribution >= 0.6 is 0 Å². The Morgan fingerprint density at radius 2 is 1.63 bits per heavy atom. The fraction of sp³-hybridized carbons (Fsp3) is 0.381. The predicted molar refractivity (Wildman–Crippen MR) is 95.2 cm³/mol. The number of ether oxygens (including phenoxy) is 2. The number of esters is 1. The number of hydrogen-bond acceptors (Lipinski definition) is 3. The average Bonchev–Trinajstić information content (AvgIpc) is 2.64. The maximum absolute atomic E-state index is 13.9. The Hall–Kier alpha value is -2.50. The first-order valence-electron chi connectivity index (χ1n) is 8.99. The van der Waals surface area contributed by atoms with Crippen molar-refractivity contribution in [2.24, 2.45) is 11.8 Å². The summed E-state index contributed by atoms with van der Waals surface area (Å²) in [6.07, 6.45) is 3.78. The van der Waals surface area contributed by atoms with Gasteiger partial charge in [0, 0.05) is 0 Å². The Labute approximate surface area is 156 Å². The second-order valence-corrected chi connectivity index (χ2v) is 6.93. The Balaban J connectivity index is 1.65. The van der Waals surface area contributed by atoms with Crippen LogP contribution in [0.4, 0.5) is 13.2 Å². The molecule has 0 amide bonds. The molecule has 1 aliphatic rings. The van der Waals surface area contributed by atoms with Gasteiger partial charge in [0.1, 0.15) is 5.75 Å². The topological polar surface area (TPSA) is 35.5 Å². The number of rotatable bonds is 5. The molecule has 1 aliphatic carbocycles. The zero-order chi connectivity index (χ0) is 19.4. The Bertz CT molecular complexity index is 782. The number of hydrogen-bond donors (Lipinski definition) is 0. The van der Waals surface area contributed by atoms with Crippen molar-refractivity contribution in [2.75, 3.05) is 0 Å². The van der Waals surface area contributed by atoms with Crippen LogP contribution in [0.25, 0.3) is 11.1 Å². The van der Waals surface area contributed by atoms with Crippen molar-refractivity contribution in [2.45, 2.75) is 39.2 Å². The zero-order valence-electron chi connectivity index (χ0n) is 15.0. The van der Waals surface area contributed by atoms with Crippen LogP contribution in [0, 0.1) is 17.7 Å². The maximum Gasteiger partial charge on any atom is 0.387 e. The molecule has 27 heavy (non-hydrogen) atoms. The molecule has 2 aromatic rings. The van der Waals surface area contributed by atoms with Crippen LogP contribution in [0.3, 0.4) is 0 Å². The Morgan fingerprint density at radius 3 is 2.22 bits per heavy atom. The van der Waals surface area contributed by atoms with E-state index in [1.165, 1.54) is 6.07 Å². The van der Waals surface area contributed by atoms with E-state index in [0.29, 0.717) is 22.8 Å². The summed E-state index contributed by atoms with van der Waals surface area (Å²) in [5, 5.41) is 0. The normalized spacial score (nSPS) is 19.7. The van der Waals surface area contributed by atoms with Gasteiger partial charge in [0.15, 0.2) is 11.6 Å². The Kier molecular flexibility index (Phi) is 6.04. The van der Waals surface area contributed by atoms with Crippen molar-refractivity contribution in [1.29, 1.82) is 0 Å². The summed E-state index contributed by atoms with van der Waals surface area (Å²) in [5.74, 6) is -0.547. The van der Waals surface area contributed by atoms with Crippen molar-refractivity contribution in [1.82, 2.24) is 0 Å². The molecular weight excluding hydrogens is 357 g/mol. The highest BCUT2D eigenvalue weighted by atomic mass is 19.3. The Morgan fingerprint density at radius 1 is 1.00 bits per heavy atom. The number of alkyl halides is 2. The van der Waals surface area contributed by atoms with Crippen molar-refractivity contribution >= 4 is 5.97 Å². The molecular formula is C21H21F3O3. The average molecular weight is 378 g/mol. The summed E-state index contributed by atoms with van der Waals surface area (Å²) >= 11 is 0. The van der Waals surface area contributed by atoms with Crippen LogP contribution in [0.1, 0.15) is 32.6 Å². The molecule has 0 saturated heterocycles. The number of halogens is 3. The zero-order valence-corrected chi connectivity index (χ0v) is 15.0. The van der Waals surface area contributed by atoms with Gasteiger partial charge < -0.3 is 9.47 Å². The largest absolute Gasteiger partial charge is 0.432 e. The van der Waals surface area contributed by atoms with Gasteiger partial charge in [0.05, 0.1) is 5.92 Å². The molecule has 1 saturated carbocycles. The van der Waals surface area contributed by atoms with E-state index in [4.69, 9.17) is 4.74 Å². The molecule has 0 radical (unpaired) electrons. The molecule has 0 aromatic heterocycles. The lowest BCUT2D eigenvalue weighted by Crippen LogP contribution is -2.24. The van der Waals surface area contributed by atoms with Crippen LogP contribution < -0.4 is 9.47 Å². The minimum Gasteiger partial charge on any atom is -0.432 e. The van der Waals surface area contributed by atoms with Gasteiger partial charge in [-0.25, -0.2) is 4.39 Å². The highest BCUT2D eigenvalue weighted by Gasteiger charge is 2.25. The smallest absolute Gasteiger partial charge is 0.387 e. The summed E-state index contributed by atoms with van der Waals surface area (Å²) in [7, 11) is 0. The number of carbonyl (C=O) groups excluding carboxylic acids is 1. The highest BCUT2D eigenvalue weighted by molar-refractivity contribution is 5.75. The third-order valence-corrected chi connectivity index (χ3v) is 4.90. The minimum absolute atomic E-state index is 0.0580. The molecule has 144 valence electrons. The molecule has 0 atom stereocenters. The first-order chi connectivity index (χ1) is 12.9. The van der Waals surface area contributed by atoms with E-state index in [1.807, 2.05) is 0 Å². The van der Waals surface area contributed by atoms with Gasteiger partial charge in [-0.15, -0.1) is 0 Å². The fourth-order valence-electron chi connectivity index (χ4n) is 3.28. The SMILES string of the molecule is CC1CCC(C(=O)Oc2ccc(-c3ccc(OC(F)F)c(F)c3)cc2)CC1. The lowest BCUT2D eigenvalue weighted by atomic mass is 9.83. The van der Waals surface area contributed by atoms with Gasteiger partial charge in [-0.3, -0.25) is 4.79 Å². The van der Waals surface area contributed by atoms with Gasteiger partial charge >= 0.3 is 12.6 Å². The summed E-state index contributed by atoms with van der Waals surface area (Å²) in [6, 6.07) is 10.4. The van der Waals surface area contributed by atoms with Gasteiger partial charge in [-0.2, -0.15) is 8.78 Å². The van der Waals surface area contributed by atoms with Crippen molar-refractivity contribution in [3.8, 4) is 22.6 Å². The van der Waals surface area contributed by atoms with E-state index in [1.54, 1.807) is 24.3 Å². The van der Waals surface area contributed by atoms with Crippen LogP contribution in [0.15, 0.2) is 42.5 Å². The molecule has 1 fully saturated rings. The van der Waals surface area contributed by atoms with E-state index in [2.05, 4.69) is 11.7 Å². The molecule has 0 aliphatic heterocycles. The standard InChI is InChI=1S/C21H21F3O3/c1-13-2-4-15(5-3-13)20(25)26-17-9-6-14(7-10-17)16-8-11-19(18(22)12-16)27-21(23)24/h6-13,15,21H,2-5H2,1H3. The van der Waals surface area contributed by atoms with E-state index >= 15 is 0 Å². The summed E-state index contributed by atoms with van der Waals surface area (Å²) < 4.78 is 47.8. The molecule has 0 unspecified atom stereocenters. The number of carbonyl (C=O) groups is 1. The van der Waals surface area contributed by atoms with E-state index in [0.717, 1.165) is 37.8 Å². The molecule has 0 spiro atoms. The fourth-order valence-corrected chi connectivity index (χ4v) is 3.28. The first kappa shape index (κ1) is 19.3. The van der Waals surface area contributed by atoms with Crippen molar-refractivity contribution in [3.63, 3.8) is 0 Å². The van der Waals surface area contributed by atoms with Crippen LogP contribution in [0.2, 0.25) is 0 Å². The van der Waals surface area contributed by atoms with Gasteiger partial charge in [0.2, 0.25) is 0 Å². The molecule has 0 heterocycles. The maximum atomic E-state index is 13.9. The van der Waals surface area contributed by atoms with Crippen LogP contribution in [0.5, 0.6) is 11.5 Å². The second-order valence-electron chi connectivity index (χ2n) is 6.93. The monoisotopic (exact) mass is 378 g/mol. The number of benzene rings is 2.